The van der Waals surface area contributed by atoms with Gasteiger partial charge in [0.15, 0.2) is 0 Å². The Labute approximate surface area is 108 Å². The van der Waals surface area contributed by atoms with E-state index < -0.39 is 11.7 Å². The summed E-state index contributed by atoms with van der Waals surface area (Å²) in [6.45, 7) is 1.87. The zero-order valence-electron chi connectivity index (χ0n) is 10.2. The fraction of sp³-hybridized carbons (Fsp3) is 0.462. The first kappa shape index (κ1) is 12.5. The fourth-order valence-electron chi connectivity index (χ4n) is 2.49. The third kappa shape index (κ3) is 2.45. The first-order chi connectivity index (χ1) is 9.04. The number of imidazole rings is 1. The maximum absolute atomic E-state index is 12.6. The van der Waals surface area contributed by atoms with Crippen molar-refractivity contribution in [3.05, 3.63) is 35.8 Å². The summed E-state index contributed by atoms with van der Waals surface area (Å²) in [6.07, 6.45) is 0.479. The van der Waals surface area contributed by atoms with E-state index in [0.29, 0.717) is 11.6 Å². The molecule has 0 spiro atoms. The fourth-order valence-corrected chi connectivity index (χ4v) is 2.49. The zero-order valence-corrected chi connectivity index (χ0v) is 10.2. The minimum atomic E-state index is -4.31. The van der Waals surface area contributed by atoms with Crippen molar-refractivity contribution in [2.24, 2.45) is 0 Å². The molecule has 0 aliphatic carbocycles. The van der Waals surface area contributed by atoms with E-state index in [1.54, 1.807) is 6.20 Å². The number of halogens is 3. The first-order valence-electron chi connectivity index (χ1n) is 6.30. The van der Waals surface area contributed by atoms with Crippen molar-refractivity contribution in [2.75, 3.05) is 13.1 Å². The number of piperidine rings is 1. The van der Waals surface area contributed by atoms with E-state index in [1.807, 2.05) is 0 Å². The second-order valence-corrected chi connectivity index (χ2v) is 4.87. The van der Waals surface area contributed by atoms with Gasteiger partial charge >= 0.3 is 6.18 Å². The highest BCUT2D eigenvalue weighted by molar-refractivity contribution is 5.42. The van der Waals surface area contributed by atoms with Crippen LogP contribution in [0.2, 0.25) is 0 Å². The maximum atomic E-state index is 12.6. The molecule has 2 aromatic rings. The lowest BCUT2D eigenvalue weighted by molar-refractivity contribution is -0.137. The smallest absolute Gasteiger partial charge is 0.317 e. The number of aromatic nitrogens is 2. The summed E-state index contributed by atoms with van der Waals surface area (Å²) in [7, 11) is 0. The zero-order chi connectivity index (χ0) is 13.5. The molecule has 1 fully saturated rings. The van der Waals surface area contributed by atoms with E-state index in [9.17, 15) is 13.2 Å². The van der Waals surface area contributed by atoms with Crippen LogP contribution >= 0.6 is 0 Å². The molecule has 6 heteroatoms. The molecule has 2 aromatic heterocycles. The number of nitrogens with one attached hydrogen (secondary N) is 1. The van der Waals surface area contributed by atoms with Crippen LogP contribution in [-0.4, -0.2) is 22.5 Å². The summed E-state index contributed by atoms with van der Waals surface area (Å²) >= 11 is 0. The molecule has 0 amide bonds. The van der Waals surface area contributed by atoms with Gasteiger partial charge in [0.25, 0.3) is 0 Å². The molecule has 19 heavy (non-hydrogen) atoms. The van der Waals surface area contributed by atoms with Crippen molar-refractivity contribution < 1.29 is 13.2 Å². The molecule has 0 atom stereocenters. The Hall–Kier alpha value is -1.56. The van der Waals surface area contributed by atoms with E-state index in [-0.39, 0.29) is 0 Å². The minimum Gasteiger partial charge on any atom is -0.317 e. The van der Waals surface area contributed by atoms with Gasteiger partial charge in [-0.15, -0.1) is 0 Å². The van der Waals surface area contributed by atoms with Crippen LogP contribution in [0.25, 0.3) is 5.65 Å². The minimum absolute atomic E-state index is 0.343. The van der Waals surface area contributed by atoms with Crippen molar-refractivity contribution in [3.63, 3.8) is 0 Å². The summed E-state index contributed by atoms with van der Waals surface area (Å²) in [5.74, 6) is 0.343. The summed E-state index contributed by atoms with van der Waals surface area (Å²) in [5, 5.41) is 3.26. The molecule has 3 rings (SSSR count). The summed E-state index contributed by atoms with van der Waals surface area (Å²) in [5.41, 5.74) is 0.816. The first-order valence-corrected chi connectivity index (χ1v) is 6.30. The number of pyridine rings is 1. The molecule has 0 aromatic carbocycles. The highest BCUT2D eigenvalue weighted by Gasteiger charge is 2.31. The summed E-state index contributed by atoms with van der Waals surface area (Å²) in [6, 6.07) is 2.50. The molecule has 102 valence electrons. The molecule has 0 radical (unpaired) electrons. The van der Waals surface area contributed by atoms with Gasteiger partial charge in [-0.1, -0.05) is 0 Å². The Bertz CT molecular complexity index is 582. The van der Waals surface area contributed by atoms with Crippen LogP contribution in [0.3, 0.4) is 0 Å². The number of alkyl halides is 3. The van der Waals surface area contributed by atoms with Gasteiger partial charge in [0.2, 0.25) is 0 Å². The maximum Gasteiger partial charge on any atom is 0.417 e. The predicted octanol–water partition coefficient (Wildman–Crippen LogP) is 2.82. The third-order valence-corrected chi connectivity index (χ3v) is 3.55. The van der Waals surface area contributed by atoms with Crippen LogP contribution in [0.5, 0.6) is 0 Å². The summed E-state index contributed by atoms with van der Waals surface area (Å²) in [4.78, 5) is 4.43. The van der Waals surface area contributed by atoms with E-state index in [0.717, 1.165) is 43.9 Å². The Balaban J connectivity index is 1.96. The topological polar surface area (TPSA) is 29.3 Å². The largest absolute Gasteiger partial charge is 0.417 e. The lowest BCUT2D eigenvalue weighted by Gasteiger charge is -2.20. The van der Waals surface area contributed by atoms with Crippen LogP contribution in [0.1, 0.15) is 30.0 Å². The van der Waals surface area contributed by atoms with E-state index in [1.165, 1.54) is 10.5 Å². The normalized spacial score (nSPS) is 18.1. The standard InChI is InChI=1S/C13H14F3N3/c14-13(15,16)10-1-2-12-18-11(8-19(12)7-10)9-3-5-17-6-4-9/h1-2,7-9,17H,3-6H2. The molecule has 1 N–H and O–H groups in total. The average Bonchev–Trinajstić information content (AvgIpc) is 2.81. The van der Waals surface area contributed by atoms with Crippen molar-refractivity contribution in [2.45, 2.75) is 24.9 Å². The Kier molecular flexibility index (Phi) is 2.97. The SMILES string of the molecule is FC(F)(F)c1ccc2nc(C3CCNCC3)cn2c1. The lowest BCUT2D eigenvalue weighted by atomic mass is 9.95. The van der Waals surface area contributed by atoms with Gasteiger partial charge in [0.05, 0.1) is 11.3 Å². The van der Waals surface area contributed by atoms with Gasteiger partial charge < -0.3 is 9.72 Å². The van der Waals surface area contributed by atoms with Crippen molar-refractivity contribution in [3.8, 4) is 0 Å². The van der Waals surface area contributed by atoms with E-state index >= 15 is 0 Å². The Morgan fingerprint density at radius 1 is 1.16 bits per heavy atom. The van der Waals surface area contributed by atoms with Gasteiger partial charge in [-0.05, 0) is 38.1 Å². The van der Waals surface area contributed by atoms with E-state index in [4.69, 9.17) is 0 Å². The molecular weight excluding hydrogens is 255 g/mol. The number of nitrogens with zero attached hydrogens (tertiary/aromatic N) is 2. The molecule has 0 saturated carbocycles. The molecule has 3 nitrogen and oxygen atoms in total. The lowest BCUT2D eigenvalue weighted by Crippen LogP contribution is -2.26. The van der Waals surface area contributed by atoms with E-state index in [2.05, 4.69) is 10.3 Å². The average molecular weight is 269 g/mol. The van der Waals surface area contributed by atoms with Gasteiger partial charge in [0.1, 0.15) is 5.65 Å². The molecule has 0 bridgehead atoms. The highest BCUT2D eigenvalue weighted by atomic mass is 19.4. The number of rotatable bonds is 1. The van der Waals surface area contributed by atoms with Crippen LogP contribution in [0.4, 0.5) is 13.2 Å². The van der Waals surface area contributed by atoms with Crippen molar-refractivity contribution >= 4 is 5.65 Å². The second kappa shape index (κ2) is 4.52. The monoisotopic (exact) mass is 269 g/mol. The van der Waals surface area contributed by atoms with Crippen LogP contribution in [0.15, 0.2) is 24.5 Å². The highest BCUT2D eigenvalue weighted by Crippen LogP contribution is 2.30. The van der Waals surface area contributed by atoms with Gasteiger partial charge in [-0.25, -0.2) is 4.98 Å². The van der Waals surface area contributed by atoms with Gasteiger partial charge in [-0.3, -0.25) is 0 Å². The van der Waals surface area contributed by atoms with Gasteiger partial charge in [0, 0.05) is 18.3 Å². The molecule has 1 saturated heterocycles. The quantitative estimate of drug-likeness (QED) is 0.862. The van der Waals surface area contributed by atoms with Crippen LogP contribution < -0.4 is 5.32 Å². The predicted molar refractivity (Wildman–Crippen MR) is 65.0 cm³/mol. The molecule has 0 unspecified atom stereocenters. The number of fused-ring (bicyclic) bond motifs is 1. The third-order valence-electron chi connectivity index (χ3n) is 3.55. The molecule has 1 aliphatic heterocycles. The van der Waals surface area contributed by atoms with Gasteiger partial charge in [-0.2, -0.15) is 13.2 Å². The van der Waals surface area contributed by atoms with Crippen LogP contribution in [-0.2, 0) is 6.18 Å². The Morgan fingerprint density at radius 2 is 1.89 bits per heavy atom. The summed E-state index contributed by atoms with van der Waals surface area (Å²) < 4.78 is 39.4. The molecule has 3 heterocycles. The molecule has 1 aliphatic rings. The number of hydrogen-bond donors (Lipinski definition) is 1. The van der Waals surface area contributed by atoms with Crippen molar-refractivity contribution in [1.82, 2.24) is 14.7 Å². The Morgan fingerprint density at radius 3 is 2.58 bits per heavy atom. The number of hydrogen-bond acceptors (Lipinski definition) is 2. The molecular formula is C13H14F3N3. The second-order valence-electron chi connectivity index (χ2n) is 4.87. The van der Waals surface area contributed by atoms with Crippen molar-refractivity contribution in [1.29, 1.82) is 0 Å². The van der Waals surface area contributed by atoms with Crippen LogP contribution in [0, 0.1) is 0 Å².